The van der Waals surface area contributed by atoms with Crippen molar-refractivity contribution in [1.82, 2.24) is 5.32 Å². The van der Waals surface area contributed by atoms with E-state index in [0.29, 0.717) is 22.2 Å². The van der Waals surface area contributed by atoms with Crippen molar-refractivity contribution in [3.63, 3.8) is 0 Å². The van der Waals surface area contributed by atoms with Gasteiger partial charge >= 0.3 is 0 Å². The van der Waals surface area contributed by atoms with Crippen LogP contribution in [0.4, 0.5) is 5.69 Å². The summed E-state index contributed by atoms with van der Waals surface area (Å²) in [5, 5.41) is 6.81. The van der Waals surface area contributed by atoms with E-state index in [1.54, 1.807) is 18.2 Å². The molecule has 0 saturated heterocycles. The average Bonchev–Trinajstić information content (AvgIpc) is 3.18. The topological polar surface area (TPSA) is 58.2 Å². The predicted molar refractivity (Wildman–Crippen MR) is 109 cm³/mol. The molecule has 142 valence electrons. The summed E-state index contributed by atoms with van der Waals surface area (Å²) in [6, 6.07) is 12.7. The number of amides is 2. The van der Waals surface area contributed by atoms with Crippen LogP contribution in [0.2, 0.25) is 10.0 Å². The third kappa shape index (κ3) is 5.47. The second kappa shape index (κ2) is 9.25. The summed E-state index contributed by atoms with van der Waals surface area (Å²) in [7, 11) is 0. The molecule has 1 aliphatic carbocycles. The van der Waals surface area contributed by atoms with E-state index in [0.717, 1.165) is 36.9 Å². The first-order chi connectivity index (χ1) is 13.0. The first-order valence-electron chi connectivity index (χ1n) is 9.12. The lowest BCUT2D eigenvalue weighted by Gasteiger charge is -2.12. The van der Waals surface area contributed by atoms with Gasteiger partial charge < -0.3 is 10.6 Å². The van der Waals surface area contributed by atoms with E-state index < -0.39 is 0 Å². The Kier molecular flexibility index (Phi) is 6.75. The number of rotatable bonds is 6. The summed E-state index contributed by atoms with van der Waals surface area (Å²) in [5.41, 5.74) is 2.29. The van der Waals surface area contributed by atoms with Gasteiger partial charge in [-0.2, -0.15) is 0 Å². The Hall–Kier alpha value is -2.04. The van der Waals surface area contributed by atoms with Gasteiger partial charge in [0.2, 0.25) is 11.8 Å². The van der Waals surface area contributed by atoms with Gasteiger partial charge in [-0.1, -0.05) is 54.2 Å². The fourth-order valence-electron chi connectivity index (χ4n) is 3.32. The van der Waals surface area contributed by atoms with E-state index in [1.807, 2.05) is 24.3 Å². The number of hydrogen-bond donors (Lipinski definition) is 2. The van der Waals surface area contributed by atoms with E-state index in [2.05, 4.69) is 10.6 Å². The minimum absolute atomic E-state index is 0.0852. The number of carbonyl (C=O) groups is 2. The lowest BCUT2D eigenvalue weighted by Crippen LogP contribution is -2.25. The van der Waals surface area contributed by atoms with Gasteiger partial charge in [-0.15, -0.1) is 0 Å². The predicted octanol–water partition coefficient (Wildman–Crippen LogP) is 4.98. The van der Waals surface area contributed by atoms with Gasteiger partial charge in [0, 0.05) is 28.2 Å². The van der Waals surface area contributed by atoms with Crippen molar-refractivity contribution in [3.05, 3.63) is 63.6 Å². The summed E-state index contributed by atoms with van der Waals surface area (Å²) in [6.45, 7) is 0.369. The van der Waals surface area contributed by atoms with Crippen molar-refractivity contribution in [2.45, 2.75) is 38.6 Å². The molecule has 1 saturated carbocycles. The van der Waals surface area contributed by atoms with Crippen LogP contribution in [0.15, 0.2) is 42.5 Å². The Bertz CT molecular complexity index is 812. The molecule has 0 radical (unpaired) electrons. The molecule has 0 unspecified atom stereocenters. The van der Waals surface area contributed by atoms with Gasteiger partial charge in [-0.3, -0.25) is 9.59 Å². The monoisotopic (exact) mass is 404 g/mol. The number of nitrogens with one attached hydrogen (secondary N) is 2. The Morgan fingerprint density at radius 3 is 2.37 bits per heavy atom. The molecule has 3 rings (SSSR count). The van der Waals surface area contributed by atoms with E-state index >= 15 is 0 Å². The summed E-state index contributed by atoms with van der Waals surface area (Å²) in [5.74, 6) is 0.0427. The molecule has 6 heteroatoms. The van der Waals surface area contributed by atoms with Crippen molar-refractivity contribution in [1.29, 1.82) is 0 Å². The van der Waals surface area contributed by atoms with Crippen molar-refractivity contribution in [2.24, 2.45) is 5.92 Å². The van der Waals surface area contributed by atoms with E-state index in [9.17, 15) is 9.59 Å². The average molecular weight is 405 g/mol. The molecule has 1 aliphatic rings. The second-order valence-electron chi connectivity index (χ2n) is 6.82. The maximum Gasteiger partial charge on any atom is 0.227 e. The maximum absolute atomic E-state index is 12.3. The minimum Gasteiger partial charge on any atom is -0.352 e. The summed E-state index contributed by atoms with van der Waals surface area (Å²) >= 11 is 12.2. The molecular weight excluding hydrogens is 383 g/mol. The quantitative estimate of drug-likeness (QED) is 0.712. The Balaban J connectivity index is 1.55. The Labute approximate surface area is 169 Å². The van der Waals surface area contributed by atoms with Gasteiger partial charge in [0.05, 0.1) is 6.42 Å². The van der Waals surface area contributed by atoms with Gasteiger partial charge in [0.15, 0.2) is 0 Å². The fourth-order valence-corrected chi connectivity index (χ4v) is 3.85. The zero-order chi connectivity index (χ0) is 19.2. The number of halogens is 2. The van der Waals surface area contributed by atoms with Crippen molar-refractivity contribution in [2.75, 3.05) is 5.32 Å². The molecule has 2 amide bonds. The molecule has 0 aromatic heterocycles. The molecule has 2 N–H and O–H groups in total. The molecule has 0 atom stereocenters. The van der Waals surface area contributed by atoms with Gasteiger partial charge in [-0.05, 0) is 48.2 Å². The fraction of sp³-hybridized carbons (Fsp3) is 0.333. The van der Waals surface area contributed by atoms with Crippen LogP contribution in [0.1, 0.15) is 36.8 Å². The van der Waals surface area contributed by atoms with Crippen LogP contribution < -0.4 is 10.6 Å². The van der Waals surface area contributed by atoms with Gasteiger partial charge in [0.1, 0.15) is 0 Å². The zero-order valence-electron chi connectivity index (χ0n) is 14.9. The molecule has 27 heavy (non-hydrogen) atoms. The van der Waals surface area contributed by atoms with Gasteiger partial charge in [-0.25, -0.2) is 0 Å². The van der Waals surface area contributed by atoms with Crippen molar-refractivity contribution >= 4 is 40.7 Å². The SMILES string of the molecule is O=C(Cc1c(Cl)cccc1Cl)NCc1cccc(NC(=O)C2CCCC2)c1. The molecule has 1 fully saturated rings. The third-order valence-electron chi connectivity index (χ3n) is 4.81. The highest BCUT2D eigenvalue weighted by Gasteiger charge is 2.22. The van der Waals surface area contributed by atoms with Crippen LogP contribution in [0.3, 0.4) is 0 Å². The summed E-state index contributed by atoms with van der Waals surface area (Å²) < 4.78 is 0. The van der Waals surface area contributed by atoms with Crippen LogP contribution in [-0.4, -0.2) is 11.8 Å². The highest BCUT2D eigenvalue weighted by Crippen LogP contribution is 2.26. The maximum atomic E-state index is 12.3. The first kappa shape index (κ1) is 19.7. The molecule has 0 bridgehead atoms. The number of anilines is 1. The largest absolute Gasteiger partial charge is 0.352 e. The minimum atomic E-state index is -0.162. The lowest BCUT2D eigenvalue weighted by molar-refractivity contribution is -0.121. The van der Waals surface area contributed by atoms with Crippen LogP contribution in [0.5, 0.6) is 0 Å². The standard InChI is InChI=1S/C21H22Cl2N2O2/c22-18-9-4-10-19(23)17(18)12-20(26)24-13-14-5-3-8-16(11-14)25-21(27)15-6-1-2-7-15/h3-5,8-11,15H,1-2,6-7,12-13H2,(H,24,26)(H,25,27). The van der Waals surface area contributed by atoms with Crippen LogP contribution in [0, 0.1) is 5.92 Å². The van der Waals surface area contributed by atoms with Crippen LogP contribution in [-0.2, 0) is 22.6 Å². The van der Waals surface area contributed by atoms with E-state index in [1.165, 1.54) is 0 Å². The molecule has 4 nitrogen and oxygen atoms in total. The molecule has 2 aromatic carbocycles. The van der Waals surface area contributed by atoms with Crippen LogP contribution in [0.25, 0.3) is 0 Å². The smallest absolute Gasteiger partial charge is 0.227 e. The number of benzene rings is 2. The zero-order valence-corrected chi connectivity index (χ0v) is 16.4. The van der Waals surface area contributed by atoms with E-state index in [-0.39, 0.29) is 24.2 Å². The second-order valence-corrected chi connectivity index (χ2v) is 7.64. The Morgan fingerprint density at radius 1 is 1.00 bits per heavy atom. The third-order valence-corrected chi connectivity index (χ3v) is 5.52. The number of carbonyl (C=O) groups excluding carboxylic acids is 2. The molecular formula is C21H22Cl2N2O2. The normalized spacial score (nSPS) is 14.1. The lowest BCUT2D eigenvalue weighted by atomic mass is 10.1. The van der Waals surface area contributed by atoms with Crippen molar-refractivity contribution in [3.8, 4) is 0 Å². The highest BCUT2D eigenvalue weighted by atomic mass is 35.5. The molecule has 2 aromatic rings. The molecule has 0 aliphatic heterocycles. The molecule has 0 heterocycles. The highest BCUT2D eigenvalue weighted by molar-refractivity contribution is 6.36. The molecule has 0 spiro atoms. The van der Waals surface area contributed by atoms with E-state index in [4.69, 9.17) is 23.2 Å². The Morgan fingerprint density at radius 2 is 1.67 bits per heavy atom. The van der Waals surface area contributed by atoms with Crippen molar-refractivity contribution < 1.29 is 9.59 Å². The summed E-state index contributed by atoms with van der Waals surface area (Å²) in [4.78, 5) is 24.5. The first-order valence-corrected chi connectivity index (χ1v) is 9.88. The van der Waals surface area contributed by atoms with Crippen LogP contribution >= 0.6 is 23.2 Å². The van der Waals surface area contributed by atoms with Gasteiger partial charge in [0.25, 0.3) is 0 Å². The summed E-state index contributed by atoms with van der Waals surface area (Å²) in [6.07, 6.45) is 4.30. The number of hydrogen-bond acceptors (Lipinski definition) is 2.